The third-order valence-corrected chi connectivity index (χ3v) is 4.68. The Labute approximate surface area is 174 Å². The fraction of sp³-hybridized carbons (Fsp3) is 0.167. The molecule has 1 aromatic heterocycles. The zero-order valence-corrected chi connectivity index (χ0v) is 16.8. The van der Waals surface area contributed by atoms with Crippen LogP contribution < -0.4 is 9.47 Å². The van der Waals surface area contributed by atoms with E-state index in [0.29, 0.717) is 29.4 Å². The Kier molecular flexibility index (Phi) is 5.66. The molecule has 6 heteroatoms. The number of rotatable bonds is 7. The summed E-state index contributed by atoms with van der Waals surface area (Å²) >= 11 is 0. The number of esters is 1. The van der Waals surface area contributed by atoms with E-state index < -0.39 is 5.97 Å². The molecule has 0 aliphatic carbocycles. The molecule has 4 aromatic rings. The molecule has 4 rings (SSSR count). The normalized spacial score (nSPS) is 10.7. The lowest BCUT2D eigenvalue weighted by Crippen LogP contribution is -2.09. The Morgan fingerprint density at radius 1 is 1.03 bits per heavy atom. The molecule has 6 nitrogen and oxygen atoms in total. The summed E-state index contributed by atoms with van der Waals surface area (Å²) in [5.41, 5.74) is 1.79. The van der Waals surface area contributed by atoms with E-state index in [1.165, 1.54) is 0 Å². The van der Waals surface area contributed by atoms with Crippen molar-refractivity contribution in [3.8, 4) is 22.8 Å². The minimum Gasteiger partial charge on any atom is -0.497 e. The Bertz CT molecular complexity index is 1160. The van der Waals surface area contributed by atoms with Crippen molar-refractivity contribution in [2.24, 2.45) is 0 Å². The standard InChI is InChI=1S/C24H21NO5/c1-3-28-21-13-10-16-6-4-5-7-20(16)23(21)24(26)29-15-18-14-22(30-25-18)17-8-11-19(27-2)12-9-17/h4-14H,3,15H2,1-2H3. The quantitative estimate of drug-likeness (QED) is 0.392. The second-order valence-corrected chi connectivity index (χ2v) is 6.58. The van der Waals surface area contributed by atoms with Gasteiger partial charge in [-0.25, -0.2) is 4.79 Å². The molecule has 0 atom stereocenters. The van der Waals surface area contributed by atoms with Gasteiger partial charge >= 0.3 is 5.97 Å². The topological polar surface area (TPSA) is 70.8 Å². The number of nitrogens with zero attached hydrogens (tertiary/aromatic N) is 1. The lowest BCUT2D eigenvalue weighted by molar-refractivity contribution is 0.0462. The number of carbonyl (C=O) groups is 1. The van der Waals surface area contributed by atoms with Gasteiger partial charge in [0, 0.05) is 11.6 Å². The van der Waals surface area contributed by atoms with E-state index in [-0.39, 0.29) is 6.61 Å². The number of hydrogen-bond donors (Lipinski definition) is 0. The van der Waals surface area contributed by atoms with Crippen LogP contribution in [0.5, 0.6) is 11.5 Å². The first-order chi connectivity index (χ1) is 14.7. The minimum absolute atomic E-state index is 0.00667. The predicted octanol–water partition coefficient (Wildman–Crippen LogP) is 5.26. The van der Waals surface area contributed by atoms with E-state index in [4.69, 9.17) is 18.7 Å². The van der Waals surface area contributed by atoms with Gasteiger partial charge in [0.05, 0.1) is 13.7 Å². The molecular weight excluding hydrogens is 382 g/mol. The van der Waals surface area contributed by atoms with Gasteiger partial charge in [-0.3, -0.25) is 0 Å². The van der Waals surface area contributed by atoms with Crippen molar-refractivity contribution in [3.63, 3.8) is 0 Å². The van der Waals surface area contributed by atoms with Gasteiger partial charge in [-0.15, -0.1) is 0 Å². The molecule has 0 aliphatic heterocycles. The number of hydrogen-bond acceptors (Lipinski definition) is 6. The Balaban J connectivity index is 1.53. The van der Waals surface area contributed by atoms with Crippen molar-refractivity contribution in [3.05, 3.63) is 78.0 Å². The van der Waals surface area contributed by atoms with Crippen LogP contribution in [0.1, 0.15) is 23.0 Å². The highest BCUT2D eigenvalue weighted by molar-refractivity contribution is 6.07. The zero-order chi connectivity index (χ0) is 20.9. The summed E-state index contributed by atoms with van der Waals surface area (Å²) in [6.45, 7) is 2.32. The fourth-order valence-electron chi connectivity index (χ4n) is 3.22. The maximum Gasteiger partial charge on any atom is 0.342 e. The third kappa shape index (κ3) is 3.98. The molecule has 30 heavy (non-hydrogen) atoms. The van der Waals surface area contributed by atoms with Crippen molar-refractivity contribution in [2.75, 3.05) is 13.7 Å². The Morgan fingerprint density at radius 3 is 2.60 bits per heavy atom. The van der Waals surface area contributed by atoms with Gasteiger partial charge < -0.3 is 18.7 Å². The van der Waals surface area contributed by atoms with E-state index in [1.54, 1.807) is 19.2 Å². The van der Waals surface area contributed by atoms with Gasteiger partial charge in [0.15, 0.2) is 5.76 Å². The van der Waals surface area contributed by atoms with Crippen molar-refractivity contribution < 1.29 is 23.5 Å². The molecule has 0 saturated carbocycles. The van der Waals surface area contributed by atoms with Crippen LogP contribution in [-0.2, 0) is 11.3 Å². The molecule has 0 spiro atoms. The highest BCUT2D eigenvalue weighted by Gasteiger charge is 2.19. The SMILES string of the molecule is CCOc1ccc2ccccc2c1C(=O)OCc1cc(-c2ccc(OC)cc2)on1. The number of fused-ring (bicyclic) bond motifs is 1. The molecule has 3 aromatic carbocycles. The minimum atomic E-state index is -0.468. The first-order valence-corrected chi connectivity index (χ1v) is 9.61. The maximum absolute atomic E-state index is 12.9. The maximum atomic E-state index is 12.9. The van der Waals surface area contributed by atoms with Crippen LogP contribution in [0.25, 0.3) is 22.1 Å². The Morgan fingerprint density at radius 2 is 1.83 bits per heavy atom. The highest BCUT2D eigenvalue weighted by atomic mass is 16.5. The van der Waals surface area contributed by atoms with Crippen LogP contribution in [-0.4, -0.2) is 24.8 Å². The summed E-state index contributed by atoms with van der Waals surface area (Å²) in [5, 5.41) is 5.73. The highest BCUT2D eigenvalue weighted by Crippen LogP contribution is 2.29. The van der Waals surface area contributed by atoms with Gasteiger partial charge in [-0.1, -0.05) is 35.5 Å². The van der Waals surface area contributed by atoms with Gasteiger partial charge in [-0.2, -0.15) is 0 Å². The second kappa shape index (κ2) is 8.69. The Hall–Kier alpha value is -3.80. The number of carbonyl (C=O) groups excluding carboxylic acids is 1. The number of benzene rings is 3. The van der Waals surface area contributed by atoms with Crippen molar-refractivity contribution in [2.45, 2.75) is 13.5 Å². The van der Waals surface area contributed by atoms with Crippen LogP contribution in [0, 0.1) is 0 Å². The van der Waals surface area contributed by atoms with Crippen molar-refractivity contribution >= 4 is 16.7 Å². The van der Waals surface area contributed by atoms with Gasteiger partial charge in [0.2, 0.25) is 0 Å². The molecule has 1 heterocycles. The van der Waals surface area contributed by atoms with Gasteiger partial charge in [-0.05, 0) is 48.0 Å². The van der Waals surface area contributed by atoms with Crippen LogP contribution in [0.2, 0.25) is 0 Å². The van der Waals surface area contributed by atoms with Gasteiger partial charge in [0.25, 0.3) is 0 Å². The summed E-state index contributed by atoms with van der Waals surface area (Å²) in [7, 11) is 1.61. The monoisotopic (exact) mass is 403 g/mol. The fourth-order valence-corrected chi connectivity index (χ4v) is 3.22. The van der Waals surface area contributed by atoms with Crippen molar-refractivity contribution in [1.29, 1.82) is 0 Å². The number of methoxy groups -OCH3 is 1. The smallest absolute Gasteiger partial charge is 0.342 e. The first kappa shape index (κ1) is 19.5. The molecule has 0 aliphatic rings. The number of ether oxygens (including phenoxy) is 3. The molecule has 0 amide bonds. The molecule has 0 fully saturated rings. The summed E-state index contributed by atoms with van der Waals surface area (Å²) in [5.74, 6) is 1.38. The second-order valence-electron chi connectivity index (χ2n) is 6.58. The first-order valence-electron chi connectivity index (χ1n) is 9.61. The van der Waals surface area contributed by atoms with Crippen LogP contribution in [0.4, 0.5) is 0 Å². The third-order valence-electron chi connectivity index (χ3n) is 4.68. The van der Waals surface area contributed by atoms with E-state index in [0.717, 1.165) is 22.1 Å². The van der Waals surface area contributed by atoms with E-state index in [1.807, 2.05) is 61.5 Å². The summed E-state index contributed by atoms with van der Waals surface area (Å²) in [6.07, 6.45) is 0. The molecule has 0 N–H and O–H groups in total. The summed E-state index contributed by atoms with van der Waals surface area (Å²) < 4.78 is 21.7. The zero-order valence-electron chi connectivity index (χ0n) is 16.8. The molecule has 0 bridgehead atoms. The predicted molar refractivity (Wildman–Crippen MR) is 113 cm³/mol. The van der Waals surface area contributed by atoms with E-state index in [9.17, 15) is 4.79 Å². The average Bonchev–Trinajstić information content (AvgIpc) is 3.26. The molecular formula is C24H21NO5. The van der Waals surface area contributed by atoms with E-state index >= 15 is 0 Å². The van der Waals surface area contributed by atoms with Crippen LogP contribution in [0.3, 0.4) is 0 Å². The molecule has 152 valence electrons. The summed E-state index contributed by atoms with van der Waals surface area (Å²) in [6, 6.07) is 20.5. The molecule has 0 radical (unpaired) electrons. The van der Waals surface area contributed by atoms with Crippen LogP contribution >= 0.6 is 0 Å². The lowest BCUT2D eigenvalue weighted by atomic mass is 10.0. The van der Waals surface area contributed by atoms with Crippen LogP contribution in [0.15, 0.2) is 71.3 Å². The lowest BCUT2D eigenvalue weighted by Gasteiger charge is -2.12. The molecule has 0 saturated heterocycles. The van der Waals surface area contributed by atoms with Crippen molar-refractivity contribution in [1.82, 2.24) is 5.16 Å². The molecule has 0 unspecified atom stereocenters. The largest absolute Gasteiger partial charge is 0.497 e. The van der Waals surface area contributed by atoms with Gasteiger partial charge in [0.1, 0.15) is 29.4 Å². The summed E-state index contributed by atoms with van der Waals surface area (Å²) in [4.78, 5) is 12.9. The average molecular weight is 403 g/mol. The number of aromatic nitrogens is 1. The van der Waals surface area contributed by atoms with E-state index in [2.05, 4.69) is 5.16 Å².